The van der Waals surface area contributed by atoms with Crippen molar-refractivity contribution in [1.82, 2.24) is 0 Å². The second-order valence-corrected chi connectivity index (χ2v) is 12.1. The first kappa shape index (κ1) is 21.9. The van der Waals surface area contributed by atoms with Gasteiger partial charge in [-0.15, -0.1) is 0 Å². The van der Waals surface area contributed by atoms with E-state index in [4.69, 9.17) is 0 Å². The fourth-order valence-electron chi connectivity index (χ4n) is 6.48. The summed E-state index contributed by atoms with van der Waals surface area (Å²) in [6.07, 6.45) is 8.37. The Morgan fingerprint density at radius 3 is 2.12 bits per heavy atom. The van der Waals surface area contributed by atoms with Gasteiger partial charge in [-0.2, -0.15) is 0 Å². The molecule has 0 unspecified atom stereocenters. The molecule has 33 heavy (non-hydrogen) atoms. The minimum atomic E-state index is -3.72. The number of hydrogen-bond donors (Lipinski definition) is 2. The predicted octanol–water partition coefficient (Wildman–Crippen LogP) is 4.63. The Bertz CT molecular complexity index is 1210. The number of carbonyl (C=O) groups excluding carboxylic acids is 1. The highest BCUT2D eigenvalue weighted by Crippen LogP contribution is 2.56. The number of non-ortho nitro benzene ring substituents is 1. The maximum absolute atomic E-state index is 13.0. The fraction of sp³-hybridized carbons (Fsp3) is 0.458. The summed E-state index contributed by atoms with van der Waals surface area (Å²) in [7, 11) is -3.72. The lowest BCUT2D eigenvalue weighted by atomic mass is 9.53. The van der Waals surface area contributed by atoms with Crippen LogP contribution in [0.5, 0.6) is 0 Å². The highest BCUT2D eigenvalue weighted by Gasteiger charge is 2.51. The van der Waals surface area contributed by atoms with E-state index < -0.39 is 26.4 Å². The molecule has 1 amide bonds. The van der Waals surface area contributed by atoms with Crippen LogP contribution in [0.15, 0.2) is 47.4 Å². The van der Waals surface area contributed by atoms with Crippen LogP contribution >= 0.6 is 0 Å². The Hall–Kier alpha value is -2.94. The van der Waals surface area contributed by atoms with Crippen molar-refractivity contribution in [2.45, 2.75) is 49.0 Å². The van der Waals surface area contributed by atoms with Gasteiger partial charge < -0.3 is 10.6 Å². The van der Waals surface area contributed by atoms with Crippen LogP contribution in [-0.2, 0) is 9.84 Å². The van der Waals surface area contributed by atoms with E-state index in [0.717, 1.165) is 61.1 Å². The molecule has 4 aliphatic rings. The summed E-state index contributed by atoms with van der Waals surface area (Å²) in [5.41, 5.74) is 0.925. The van der Waals surface area contributed by atoms with Crippen LogP contribution < -0.4 is 10.6 Å². The molecule has 2 N–H and O–H groups in total. The van der Waals surface area contributed by atoms with Crippen LogP contribution in [0.2, 0.25) is 0 Å². The average Bonchev–Trinajstić information content (AvgIpc) is 2.73. The highest BCUT2D eigenvalue weighted by atomic mass is 32.2. The number of anilines is 2. The van der Waals surface area contributed by atoms with Crippen molar-refractivity contribution in [3.8, 4) is 0 Å². The number of amides is 1. The van der Waals surface area contributed by atoms with Crippen molar-refractivity contribution in [2.75, 3.05) is 16.9 Å². The van der Waals surface area contributed by atoms with E-state index in [1.807, 2.05) is 18.2 Å². The van der Waals surface area contributed by atoms with E-state index in [1.165, 1.54) is 25.3 Å². The molecule has 174 valence electrons. The molecule has 0 aromatic heterocycles. The van der Waals surface area contributed by atoms with E-state index in [1.54, 1.807) is 6.07 Å². The van der Waals surface area contributed by atoms with Gasteiger partial charge in [-0.3, -0.25) is 14.9 Å². The maximum Gasteiger partial charge on any atom is 0.271 e. The summed E-state index contributed by atoms with van der Waals surface area (Å²) in [4.78, 5) is 23.4. The van der Waals surface area contributed by atoms with Gasteiger partial charge in [0.05, 0.1) is 21.2 Å². The van der Waals surface area contributed by atoms with Gasteiger partial charge in [0.25, 0.3) is 11.6 Å². The monoisotopic (exact) mass is 469 g/mol. The van der Waals surface area contributed by atoms with Crippen molar-refractivity contribution in [3.63, 3.8) is 0 Å². The Labute approximate surface area is 192 Å². The van der Waals surface area contributed by atoms with Gasteiger partial charge in [0.2, 0.25) is 0 Å². The second-order valence-electron chi connectivity index (χ2n) is 10.1. The molecule has 0 atom stereocenters. The standard InChI is InChI=1S/C24H27N3O5S/c1-33(31,32)20-10-18(9-19(11-20)27(29)30)23(28)25-21-4-2-3-5-22(21)26-24-12-15-6-16(13-24)8-17(7-15)14-24/h2-5,9-11,15-17,26H,6-8,12-14H2,1H3,(H,25,28). The largest absolute Gasteiger partial charge is 0.378 e. The molecule has 6 rings (SSSR count). The zero-order chi connectivity index (χ0) is 23.4. The van der Waals surface area contributed by atoms with Gasteiger partial charge in [-0.25, -0.2) is 8.42 Å². The topological polar surface area (TPSA) is 118 Å². The number of hydrogen-bond acceptors (Lipinski definition) is 6. The van der Waals surface area contributed by atoms with Crippen molar-refractivity contribution in [1.29, 1.82) is 0 Å². The molecule has 0 spiro atoms. The maximum atomic E-state index is 13.0. The molecule has 8 nitrogen and oxygen atoms in total. The Balaban J connectivity index is 1.42. The molecular formula is C24H27N3O5S. The summed E-state index contributed by atoms with van der Waals surface area (Å²) in [6.45, 7) is 0. The molecule has 0 aliphatic heterocycles. The van der Waals surface area contributed by atoms with Crippen LogP contribution in [0.25, 0.3) is 0 Å². The lowest BCUT2D eigenvalue weighted by Crippen LogP contribution is -2.54. The lowest BCUT2D eigenvalue weighted by Gasteiger charge is -2.57. The molecule has 4 fully saturated rings. The number of nitro groups is 1. The molecule has 0 saturated heterocycles. The first-order chi connectivity index (χ1) is 15.6. The van der Waals surface area contributed by atoms with Crippen molar-refractivity contribution in [2.24, 2.45) is 17.8 Å². The van der Waals surface area contributed by atoms with Gasteiger partial charge in [-0.05, 0) is 74.5 Å². The van der Waals surface area contributed by atoms with Crippen LogP contribution in [0.1, 0.15) is 48.9 Å². The summed E-state index contributed by atoms with van der Waals surface area (Å²) >= 11 is 0. The van der Waals surface area contributed by atoms with Crippen molar-refractivity contribution >= 4 is 32.8 Å². The molecule has 0 radical (unpaired) electrons. The summed E-state index contributed by atoms with van der Waals surface area (Å²) < 4.78 is 24.0. The Morgan fingerprint density at radius 2 is 1.58 bits per heavy atom. The van der Waals surface area contributed by atoms with E-state index >= 15 is 0 Å². The van der Waals surface area contributed by atoms with Gasteiger partial charge in [0.15, 0.2) is 9.84 Å². The average molecular weight is 470 g/mol. The van der Waals surface area contributed by atoms with Gasteiger partial charge >= 0.3 is 0 Å². The normalized spacial score (nSPS) is 27.8. The molecule has 4 bridgehead atoms. The van der Waals surface area contributed by atoms with E-state index in [9.17, 15) is 23.3 Å². The molecule has 4 aliphatic carbocycles. The Morgan fingerprint density at radius 1 is 1.00 bits per heavy atom. The van der Waals surface area contributed by atoms with Gasteiger partial charge in [0.1, 0.15) is 0 Å². The smallest absolute Gasteiger partial charge is 0.271 e. The number of benzene rings is 2. The number of sulfone groups is 1. The number of nitrogens with zero attached hydrogens (tertiary/aromatic N) is 1. The Kier molecular flexibility index (Phi) is 5.19. The van der Waals surface area contributed by atoms with Crippen LogP contribution in [0.3, 0.4) is 0 Å². The quantitative estimate of drug-likeness (QED) is 0.470. The van der Waals surface area contributed by atoms with Crippen molar-refractivity contribution in [3.05, 3.63) is 58.1 Å². The predicted molar refractivity (Wildman–Crippen MR) is 125 cm³/mol. The summed E-state index contributed by atoms with van der Waals surface area (Å²) in [6, 6.07) is 10.7. The minimum absolute atomic E-state index is 0.0462. The minimum Gasteiger partial charge on any atom is -0.378 e. The number of carbonyl (C=O) groups is 1. The lowest BCUT2D eigenvalue weighted by molar-refractivity contribution is -0.385. The third-order valence-electron chi connectivity index (χ3n) is 7.41. The van der Waals surface area contributed by atoms with Crippen LogP contribution in [0, 0.1) is 27.9 Å². The molecule has 9 heteroatoms. The number of para-hydroxylation sites is 2. The second kappa shape index (κ2) is 7.83. The zero-order valence-electron chi connectivity index (χ0n) is 18.4. The number of nitrogens with one attached hydrogen (secondary N) is 2. The first-order valence-corrected chi connectivity index (χ1v) is 13.2. The molecule has 2 aromatic carbocycles. The van der Waals surface area contributed by atoms with E-state index in [0.29, 0.717) is 5.69 Å². The molecule has 0 heterocycles. The van der Waals surface area contributed by atoms with Gasteiger partial charge in [0, 0.05) is 29.5 Å². The number of nitro benzene ring substituents is 1. The third-order valence-corrected chi connectivity index (χ3v) is 8.50. The SMILES string of the molecule is CS(=O)(=O)c1cc(C(=O)Nc2ccccc2NC23CC4CC(CC(C4)C2)C3)cc([N+](=O)[O-])c1. The molecular weight excluding hydrogens is 442 g/mol. The third kappa shape index (κ3) is 4.34. The van der Waals surface area contributed by atoms with Gasteiger partial charge in [-0.1, -0.05) is 12.1 Å². The fourth-order valence-corrected chi connectivity index (χ4v) is 7.15. The van der Waals surface area contributed by atoms with E-state index in [2.05, 4.69) is 10.6 Å². The molecule has 4 saturated carbocycles. The highest BCUT2D eigenvalue weighted by molar-refractivity contribution is 7.90. The van der Waals surface area contributed by atoms with Crippen LogP contribution in [-0.4, -0.2) is 31.0 Å². The van der Waals surface area contributed by atoms with E-state index in [-0.39, 0.29) is 16.0 Å². The summed E-state index contributed by atoms with van der Waals surface area (Å²) in [5, 5.41) is 17.9. The zero-order valence-corrected chi connectivity index (χ0v) is 19.2. The van der Waals surface area contributed by atoms with Crippen LogP contribution in [0.4, 0.5) is 17.1 Å². The van der Waals surface area contributed by atoms with Crippen molar-refractivity contribution < 1.29 is 18.1 Å². The first-order valence-electron chi connectivity index (χ1n) is 11.3. The number of rotatable bonds is 6. The summed E-state index contributed by atoms with van der Waals surface area (Å²) in [5.74, 6) is 1.71. The molecule has 2 aromatic rings.